The Morgan fingerprint density at radius 2 is 1.76 bits per heavy atom. The fourth-order valence-corrected chi connectivity index (χ4v) is 2.96. The monoisotopic (exact) mass is 415 g/mol. The summed E-state index contributed by atoms with van der Waals surface area (Å²) < 4.78 is 38.1. The number of aromatic nitrogens is 4. The predicted octanol–water partition coefficient (Wildman–Crippen LogP) is 5.81. The van der Waals surface area contributed by atoms with Crippen molar-refractivity contribution in [2.75, 3.05) is 5.32 Å². The maximum atomic E-state index is 12.7. The number of pyridine rings is 4. The highest BCUT2D eigenvalue weighted by atomic mass is 35.5. The molecule has 0 radical (unpaired) electrons. The van der Waals surface area contributed by atoms with E-state index in [-0.39, 0.29) is 5.82 Å². The maximum absolute atomic E-state index is 12.7. The SMILES string of the molecule is Cc1ccc(Cl)c(-c2ccc3c(Nc4ccc(C(F)(F)F)cn4)ccnc3n2)n1. The van der Waals surface area contributed by atoms with E-state index in [2.05, 4.69) is 25.3 Å². The van der Waals surface area contributed by atoms with Crippen LogP contribution in [0, 0.1) is 6.92 Å². The number of aryl methyl sites for hydroxylation is 1. The van der Waals surface area contributed by atoms with Gasteiger partial charge in [0.25, 0.3) is 0 Å². The molecule has 29 heavy (non-hydrogen) atoms. The van der Waals surface area contributed by atoms with Crippen molar-refractivity contribution in [3.05, 3.63) is 71.1 Å². The molecule has 4 rings (SSSR count). The largest absolute Gasteiger partial charge is 0.417 e. The van der Waals surface area contributed by atoms with E-state index in [0.717, 1.165) is 18.0 Å². The molecule has 4 heterocycles. The molecule has 0 saturated heterocycles. The van der Waals surface area contributed by atoms with E-state index in [9.17, 15) is 13.2 Å². The standard InChI is InChI=1S/C20H13ClF3N5/c1-11-2-5-14(21)18(27-11)16-6-4-13-15(8-9-25-19(13)29-16)28-17-7-3-12(10-26-17)20(22,23)24/h2-10H,1H3,(H,25,26,28,29). The van der Waals surface area contributed by atoms with Crippen molar-refractivity contribution < 1.29 is 13.2 Å². The minimum atomic E-state index is -4.43. The van der Waals surface area contributed by atoms with Crippen molar-refractivity contribution >= 4 is 34.1 Å². The fourth-order valence-electron chi connectivity index (χ4n) is 2.76. The number of nitrogens with one attached hydrogen (secondary N) is 1. The first-order valence-electron chi connectivity index (χ1n) is 8.51. The Hall–Kier alpha value is -3.26. The molecule has 0 aliphatic rings. The number of nitrogens with zero attached hydrogens (tertiary/aromatic N) is 4. The van der Waals surface area contributed by atoms with E-state index in [1.165, 1.54) is 6.07 Å². The number of anilines is 2. The Labute approximate surface area is 168 Å². The van der Waals surface area contributed by atoms with Gasteiger partial charge in [-0.05, 0) is 49.4 Å². The number of fused-ring (bicyclic) bond motifs is 1. The minimum Gasteiger partial charge on any atom is -0.340 e. The molecule has 0 unspecified atom stereocenters. The highest BCUT2D eigenvalue weighted by molar-refractivity contribution is 6.33. The quantitative estimate of drug-likeness (QED) is 0.457. The van der Waals surface area contributed by atoms with Crippen LogP contribution < -0.4 is 5.32 Å². The molecule has 1 N–H and O–H groups in total. The summed E-state index contributed by atoms with van der Waals surface area (Å²) in [6.45, 7) is 1.86. The molecule has 0 amide bonds. The van der Waals surface area contributed by atoms with Gasteiger partial charge in [-0.2, -0.15) is 13.2 Å². The maximum Gasteiger partial charge on any atom is 0.417 e. The molecule has 9 heteroatoms. The van der Waals surface area contributed by atoms with Crippen LogP contribution in [0.2, 0.25) is 5.02 Å². The number of alkyl halides is 3. The van der Waals surface area contributed by atoms with Crippen molar-refractivity contribution in [1.82, 2.24) is 19.9 Å². The van der Waals surface area contributed by atoms with Crippen molar-refractivity contribution in [3.8, 4) is 11.4 Å². The van der Waals surface area contributed by atoms with Gasteiger partial charge in [-0.3, -0.25) is 0 Å². The van der Waals surface area contributed by atoms with Gasteiger partial charge in [-0.1, -0.05) is 11.6 Å². The Kier molecular flexibility index (Phi) is 4.79. The van der Waals surface area contributed by atoms with E-state index in [1.807, 2.05) is 13.0 Å². The van der Waals surface area contributed by atoms with Gasteiger partial charge in [-0.25, -0.2) is 19.9 Å². The number of halogens is 4. The molecule has 0 aliphatic heterocycles. The molecule has 0 atom stereocenters. The van der Waals surface area contributed by atoms with Crippen LogP contribution in [-0.4, -0.2) is 19.9 Å². The Morgan fingerprint density at radius 1 is 0.931 bits per heavy atom. The van der Waals surface area contributed by atoms with E-state index >= 15 is 0 Å². The second-order valence-electron chi connectivity index (χ2n) is 6.26. The first-order valence-corrected chi connectivity index (χ1v) is 8.88. The molecule has 0 aromatic carbocycles. The second-order valence-corrected chi connectivity index (χ2v) is 6.67. The molecule has 4 aromatic rings. The van der Waals surface area contributed by atoms with E-state index < -0.39 is 11.7 Å². The van der Waals surface area contributed by atoms with Crippen molar-refractivity contribution in [1.29, 1.82) is 0 Å². The van der Waals surface area contributed by atoms with Gasteiger partial charge in [0.2, 0.25) is 0 Å². The zero-order chi connectivity index (χ0) is 20.6. The smallest absolute Gasteiger partial charge is 0.340 e. The summed E-state index contributed by atoms with van der Waals surface area (Å²) in [5, 5.41) is 4.16. The second kappa shape index (κ2) is 7.29. The lowest BCUT2D eigenvalue weighted by atomic mass is 10.2. The number of hydrogen-bond donors (Lipinski definition) is 1. The number of hydrogen-bond acceptors (Lipinski definition) is 5. The summed E-state index contributed by atoms with van der Waals surface area (Å²) in [4.78, 5) is 17.1. The average Bonchev–Trinajstić information content (AvgIpc) is 2.69. The normalized spacial score (nSPS) is 11.6. The van der Waals surface area contributed by atoms with Gasteiger partial charge in [-0.15, -0.1) is 0 Å². The fraction of sp³-hybridized carbons (Fsp3) is 0.100. The average molecular weight is 416 g/mol. The summed E-state index contributed by atoms with van der Waals surface area (Å²) in [6, 6.07) is 11.1. The van der Waals surface area contributed by atoms with E-state index in [0.29, 0.717) is 33.1 Å². The molecule has 0 fully saturated rings. The van der Waals surface area contributed by atoms with Crippen LogP contribution in [0.15, 0.2) is 54.9 Å². The highest BCUT2D eigenvalue weighted by Crippen LogP contribution is 2.31. The van der Waals surface area contributed by atoms with Gasteiger partial charge in [0, 0.05) is 23.5 Å². The molecular weight excluding hydrogens is 403 g/mol. The van der Waals surface area contributed by atoms with Gasteiger partial charge in [0.1, 0.15) is 11.5 Å². The van der Waals surface area contributed by atoms with Crippen molar-refractivity contribution in [3.63, 3.8) is 0 Å². The molecule has 146 valence electrons. The molecule has 0 aliphatic carbocycles. The zero-order valence-corrected chi connectivity index (χ0v) is 15.8. The van der Waals surface area contributed by atoms with Crippen LogP contribution in [0.4, 0.5) is 24.7 Å². The lowest BCUT2D eigenvalue weighted by Crippen LogP contribution is -2.06. The van der Waals surface area contributed by atoms with Gasteiger partial charge < -0.3 is 5.32 Å². The Bertz CT molecular complexity index is 1190. The molecule has 0 saturated carbocycles. The molecule has 0 spiro atoms. The van der Waals surface area contributed by atoms with Gasteiger partial charge in [0.15, 0.2) is 5.65 Å². The summed E-state index contributed by atoms with van der Waals surface area (Å²) >= 11 is 6.24. The summed E-state index contributed by atoms with van der Waals surface area (Å²) in [6.07, 6.45) is -2.09. The molecule has 0 bridgehead atoms. The van der Waals surface area contributed by atoms with E-state index in [4.69, 9.17) is 11.6 Å². The topological polar surface area (TPSA) is 63.6 Å². The van der Waals surface area contributed by atoms with Gasteiger partial charge >= 0.3 is 6.18 Å². The third-order valence-electron chi connectivity index (χ3n) is 4.18. The van der Waals surface area contributed by atoms with Crippen LogP contribution >= 0.6 is 11.6 Å². The molecular formula is C20H13ClF3N5. The third-order valence-corrected chi connectivity index (χ3v) is 4.49. The predicted molar refractivity (Wildman–Crippen MR) is 105 cm³/mol. The highest BCUT2D eigenvalue weighted by Gasteiger charge is 2.30. The summed E-state index contributed by atoms with van der Waals surface area (Å²) in [5.41, 5.74) is 2.18. The van der Waals surface area contributed by atoms with E-state index in [1.54, 1.807) is 30.5 Å². The van der Waals surface area contributed by atoms with Crippen LogP contribution in [0.1, 0.15) is 11.3 Å². The number of rotatable bonds is 3. The van der Waals surface area contributed by atoms with Crippen LogP contribution in [0.5, 0.6) is 0 Å². The summed E-state index contributed by atoms with van der Waals surface area (Å²) in [5.74, 6) is 0.276. The molecule has 4 aromatic heterocycles. The van der Waals surface area contributed by atoms with Gasteiger partial charge in [0.05, 0.1) is 22.0 Å². The first-order chi connectivity index (χ1) is 13.8. The lowest BCUT2D eigenvalue weighted by Gasteiger charge is -2.11. The lowest BCUT2D eigenvalue weighted by molar-refractivity contribution is -0.137. The summed E-state index contributed by atoms with van der Waals surface area (Å²) in [7, 11) is 0. The van der Waals surface area contributed by atoms with Crippen LogP contribution in [-0.2, 0) is 6.18 Å². The molecule has 5 nitrogen and oxygen atoms in total. The Balaban J connectivity index is 1.69. The van der Waals surface area contributed by atoms with Crippen LogP contribution in [0.3, 0.4) is 0 Å². The Morgan fingerprint density at radius 3 is 2.48 bits per heavy atom. The third kappa shape index (κ3) is 3.97. The first kappa shape index (κ1) is 19.1. The zero-order valence-electron chi connectivity index (χ0n) is 15.0. The van der Waals surface area contributed by atoms with Crippen molar-refractivity contribution in [2.24, 2.45) is 0 Å². The van der Waals surface area contributed by atoms with Crippen LogP contribution in [0.25, 0.3) is 22.4 Å². The minimum absolute atomic E-state index is 0.276. The van der Waals surface area contributed by atoms with Crippen molar-refractivity contribution in [2.45, 2.75) is 13.1 Å².